The summed E-state index contributed by atoms with van der Waals surface area (Å²) in [7, 11) is -0.244. The quantitative estimate of drug-likeness (QED) is 0.618. The third-order valence-electron chi connectivity index (χ3n) is 2.26. The molecule has 6 nitrogen and oxygen atoms in total. The summed E-state index contributed by atoms with van der Waals surface area (Å²) in [4.78, 5) is 14.4. The van der Waals surface area contributed by atoms with Crippen LogP contribution in [-0.4, -0.2) is 56.7 Å². The van der Waals surface area contributed by atoms with E-state index >= 15 is 0 Å². The van der Waals surface area contributed by atoms with Crippen molar-refractivity contribution in [1.82, 2.24) is 9.80 Å². The number of carbonyl (C=O) groups is 1. The number of likely N-dealkylation sites (tertiary alicyclic amines) is 1. The van der Waals surface area contributed by atoms with Gasteiger partial charge in [-0.3, -0.25) is 0 Å². The zero-order valence-corrected chi connectivity index (χ0v) is 9.12. The summed E-state index contributed by atoms with van der Waals surface area (Å²) in [5.74, 6) is 0. The minimum atomic E-state index is -3.51. The minimum Gasteiger partial charge on any atom is -0.331 e. The molecule has 0 radical (unpaired) electrons. The van der Waals surface area contributed by atoms with Gasteiger partial charge >= 0.3 is 6.03 Å². The molecular formula is C7H15N3O3S. The number of sulfonamides is 1. The number of nitrogens with two attached hydrogens (primary N) is 1. The van der Waals surface area contributed by atoms with Gasteiger partial charge in [0.15, 0.2) is 0 Å². The molecule has 0 aromatic carbocycles. The molecule has 1 unspecified atom stereocenters. The Morgan fingerprint density at radius 3 is 2.43 bits per heavy atom. The zero-order valence-electron chi connectivity index (χ0n) is 8.30. The molecule has 14 heavy (non-hydrogen) atoms. The number of rotatable bonds is 1. The Labute approximate surface area is 83.7 Å². The van der Waals surface area contributed by atoms with E-state index in [4.69, 9.17) is 5.14 Å². The van der Waals surface area contributed by atoms with Gasteiger partial charge in [0.2, 0.25) is 10.0 Å². The summed E-state index contributed by atoms with van der Waals surface area (Å²) < 4.78 is 22.0. The number of hydrogen-bond donors (Lipinski definition) is 1. The van der Waals surface area contributed by atoms with Gasteiger partial charge in [-0.25, -0.2) is 18.4 Å². The molecule has 0 aliphatic carbocycles. The highest BCUT2D eigenvalue weighted by Crippen LogP contribution is 2.15. The van der Waals surface area contributed by atoms with Gasteiger partial charge in [0.05, 0.1) is 5.25 Å². The van der Waals surface area contributed by atoms with Crippen LogP contribution in [0, 0.1) is 0 Å². The van der Waals surface area contributed by atoms with E-state index in [1.807, 2.05) is 0 Å². The first-order chi connectivity index (χ1) is 6.32. The first-order valence-electron chi connectivity index (χ1n) is 4.30. The molecule has 0 saturated carbocycles. The monoisotopic (exact) mass is 221 g/mol. The highest BCUT2D eigenvalue weighted by molar-refractivity contribution is 7.89. The fourth-order valence-corrected chi connectivity index (χ4v) is 2.27. The first-order valence-corrected chi connectivity index (χ1v) is 5.91. The standard InChI is InChI=1S/C7H15N3O3S/c1-9(2)7(11)10-4-3-6(5-10)14(8,12)13/h6H,3-5H2,1-2H3,(H2,8,12,13). The second kappa shape index (κ2) is 3.74. The van der Waals surface area contributed by atoms with Gasteiger partial charge < -0.3 is 9.80 Å². The SMILES string of the molecule is CN(C)C(=O)N1CCC(S(N)(=O)=O)C1. The van der Waals surface area contributed by atoms with E-state index in [1.165, 1.54) is 9.80 Å². The van der Waals surface area contributed by atoms with Crippen LogP contribution in [0.5, 0.6) is 0 Å². The summed E-state index contributed by atoms with van der Waals surface area (Å²) in [6, 6.07) is -0.170. The lowest BCUT2D eigenvalue weighted by Crippen LogP contribution is -2.39. The van der Waals surface area contributed by atoms with Crippen LogP contribution >= 0.6 is 0 Å². The van der Waals surface area contributed by atoms with Gasteiger partial charge in [-0.15, -0.1) is 0 Å². The molecule has 82 valence electrons. The molecule has 1 aliphatic rings. The summed E-state index contributed by atoms with van der Waals surface area (Å²) >= 11 is 0. The van der Waals surface area contributed by atoms with E-state index < -0.39 is 15.3 Å². The molecule has 1 rings (SSSR count). The summed E-state index contributed by atoms with van der Waals surface area (Å²) in [5, 5.41) is 4.39. The maximum atomic E-state index is 11.4. The lowest BCUT2D eigenvalue weighted by molar-refractivity contribution is 0.182. The largest absolute Gasteiger partial charge is 0.331 e. The Morgan fingerprint density at radius 2 is 2.07 bits per heavy atom. The average Bonchev–Trinajstić information content (AvgIpc) is 2.49. The van der Waals surface area contributed by atoms with Crippen molar-refractivity contribution in [3.8, 4) is 0 Å². The van der Waals surface area contributed by atoms with Gasteiger partial charge in [0, 0.05) is 27.2 Å². The van der Waals surface area contributed by atoms with Crippen molar-refractivity contribution in [3.63, 3.8) is 0 Å². The lowest BCUT2D eigenvalue weighted by Gasteiger charge is -2.20. The topological polar surface area (TPSA) is 83.7 Å². The Morgan fingerprint density at radius 1 is 1.50 bits per heavy atom. The second-order valence-corrected chi connectivity index (χ2v) is 5.47. The van der Waals surface area contributed by atoms with E-state index in [9.17, 15) is 13.2 Å². The van der Waals surface area contributed by atoms with Crippen molar-refractivity contribution >= 4 is 16.1 Å². The van der Waals surface area contributed by atoms with Crippen LogP contribution in [0.2, 0.25) is 0 Å². The van der Waals surface area contributed by atoms with E-state index in [-0.39, 0.29) is 12.6 Å². The van der Waals surface area contributed by atoms with Crippen molar-refractivity contribution in [3.05, 3.63) is 0 Å². The number of amides is 2. The predicted molar refractivity (Wildman–Crippen MR) is 52.2 cm³/mol. The zero-order chi connectivity index (χ0) is 10.9. The maximum absolute atomic E-state index is 11.4. The van der Waals surface area contributed by atoms with Crippen molar-refractivity contribution in [2.24, 2.45) is 5.14 Å². The van der Waals surface area contributed by atoms with Crippen LogP contribution in [-0.2, 0) is 10.0 Å². The second-order valence-electron chi connectivity index (χ2n) is 3.62. The molecule has 1 heterocycles. The van der Waals surface area contributed by atoms with Crippen LogP contribution in [0.1, 0.15) is 6.42 Å². The molecule has 2 N–H and O–H groups in total. The fourth-order valence-electron chi connectivity index (χ4n) is 1.45. The van der Waals surface area contributed by atoms with Crippen molar-refractivity contribution in [2.45, 2.75) is 11.7 Å². The van der Waals surface area contributed by atoms with Crippen LogP contribution in [0.15, 0.2) is 0 Å². The Hall–Kier alpha value is -0.820. The highest BCUT2D eigenvalue weighted by Gasteiger charge is 2.33. The Bertz CT molecular complexity index is 325. The third kappa shape index (κ3) is 2.36. The van der Waals surface area contributed by atoms with Gasteiger partial charge in [0.25, 0.3) is 0 Å². The molecule has 0 aromatic heterocycles. The number of hydrogen-bond acceptors (Lipinski definition) is 3. The van der Waals surface area contributed by atoms with Crippen LogP contribution in [0.25, 0.3) is 0 Å². The van der Waals surface area contributed by atoms with Gasteiger partial charge in [-0.2, -0.15) is 0 Å². The molecule has 1 atom stereocenters. The number of nitrogens with zero attached hydrogens (tertiary/aromatic N) is 2. The molecule has 1 saturated heterocycles. The lowest BCUT2D eigenvalue weighted by atomic mass is 10.4. The summed E-state index contributed by atoms with van der Waals surface area (Å²) in [5.41, 5.74) is 0. The number of primary sulfonamides is 1. The summed E-state index contributed by atoms with van der Waals surface area (Å²) in [6.07, 6.45) is 0.429. The van der Waals surface area contributed by atoms with Gasteiger partial charge in [-0.1, -0.05) is 0 Å². The predicted octanol–water partition coefficient (Wildman–Crippen LogP) is -0.969. The van der Waals surface area contributed by atoms with E-state index in [2.05, 4.69) is 0 Å². The molecule has 7 heteroatoms. The van der Waals surface area contributed by atoms with E-state index in [0.29, 0.717) is 13.0 Å². The first kappa shape index (κ1) is 11.3. The molecule has 0 aromatic rings. The fraction of sp³-hybridized carbons (Fsp3) is 0.857. The van der Waals surface area contributed by atoms with Crippen molar-refractivity contribution in [1.29, 1.82) is 0 Å². The molecule has 0 spiro atoms. The summed E-state index contributed by atoms with van der Waals surface area (Å²) in [6.45, 7) is 0.661. The van der Waals surface area contributed by atoms with Gasteiger partial charge in [-0.05, 0) is 6.42 Å². The molecule has 2 amide bonds. The maximum Gasteiger partial charge on any atom is 0.319 e. The number of carbonyl (C=O) groups excluding carboxylic acids is 1. The minimum absolute atomic E-state index is 0.170. The third-order valence-corrected chi connectivity index (χ3v) is 3.58. The number of urea groups is 1. The van der Waals surface area contributed by atoms with Crippen LogP contribution in [0.4, 0.5) is 4.79 Å². The van der Waals surface area contributed by atoms with E-state index in [0.717, 1.165) is 0 Å². The molecular weight excluding hydrogens is 206 g/mol. The van der Waals surface area contributed by atoms with Crippen molar-refractivity contribution in [2.75, 3.05) is 27.2 Å². The highest BCUT2D eigenvalue weighted by atomic mass is 32.2. The smallest absolute Gasteiger partial charge is 0.319 e. The average molecular weight is 221 g/mol. The molecule has 0 bridgehead atoms. The van der Waals surface area contributed by atoms with Gasteiger partial charge in [0.1, 0.15) is 0 Å². The normalized spacial score (nSPS) is 22.5. The van der Waals surface area contributed by atoms with E-state index in [1.54, 1.807) is 14.1 Å². The molecule has 1 fully saturated rings. The molecule has 1 aliphatic heterocycles. The van der Waals surface area contributed by atoms with Crippen LogP contribution in [0.3, 0.4) is 0 Å². The Kier molecular flexibility index (Phi) is 3.01. The van der Waals surface area contributed by atoms with Crippen molar-refractivity contribution < 1.29 is 13.2 Å². The van der Waals surface area contributed by atoms with Crippen LogP contribution < -0.4 is 5.14 Å². The Balaban J connectivity index is 2.63.